The Bertz CT molecular complexity index is 637. The number of nitrogens with zero attached hydrogens (tertiary/aromatic N) is 4. The molecular weight excluding hydrogens is 250 g/mol. The van der Waals surface area contributed by atoms with E-state index in [9.17, 15) is 0 Å². The Hall–Kier alpha value is -1.88. The number of fused-ring (bicyclic) bond motifs is 1. The number of benzene rings is 1. The predicted molar refractivity (Wildman–Crippen MR) is 82.9 cm³/mol. The van der Waals surface area contributed by atoms with Crippen LogP contribution in [0.5, 0.6) is 0 Å². The topological polar surface area (TPSA) is 58.3 Å². The van der Waals surface area contributed by atoms with E-state index in [0.29, 0.717) is 5.95 Å². The molecule has 0 spiro atoms. The zero-order chi connectivity index (χ0) is 14.3. The molecule has 1 saturated heterocycles. The summed E-state index contributed by atoms with van der Waals surface area (Å²) in [5, 5.41) is 1.07. The predicted octanol–water partition coefficient (Wildman–Crippen LogP) is 1.74. The molecule has 0 radical (unpaired) electrons. The third kappa shape index (κ3) is 2.18. The van der Waals surface area contributed by atoms with Crippen LogP contribution in [0.2, 0.25) is 0 Å². The van der Waals surface area contributed by atoms with Crippen LogP contribution in [-0.4, -0.2) is 47.1 Å². The number of aromatic nitrogens is 2. The van der Waals surface area contributed by atoms with Gasteiger partial charge in [-0.2, -0.15) is 4.98 Å². The van der Waals surface area contributed by atoms with Gasteiger partial charge in [0.1, 0.15) is 5.82 Å². The maximum atomic E-state index is 5.87. The molecule has 106 valence electrons. The van der Waals surface area contributed by atoms with Gasteiger partial charge in [0, 0.05) is 30.6 Å². The lowest BCUT2D eigenvalue weighted by Gasteiger charge is -2.46. The first-order valence-corrected chi connectivity index (χ1v) is 6.96. The number of rotatable bonds is 1. The largest absolute Gasteiger partial charge is 0.368 e. The molecule has 1 fully saturated rings. The van der Waals surface area contributed by atoms with Crippen molar-refractivity contribution in [1.82, 2.24) is 14.9 Å². The second-order valence-electron chi connectivity index (χ2n) is 6.08. The van der Waals surface area contributed by atoms with Crippen LogP contribution in [0.15, 0.2) is 24.3 Å². The summed E-state index contributed by atoms with van der Waals surface area (Å²) in [5.41, 5.74) is 6.90. The van der Waals surface area contributed by atoms with Gasteiger partial charge in [0.2, 0.25) is 5.95 Å². The van der Waals surface area contributed by atoms with Crippen molar-refractivity contribution in [2.75, 3.05) is 37.3 Å². The van der Waals surface area contributed by atoms with Crippen LogP contribution in [0.3, 0.4) is 0 Å². The highest BCUT2D eigenvalue weighted by Gasteiger charge is 2.32. The molecule has 20 heavy (non-hydrogen) atoms. The smallest absolute Gasteiger partial charge is 0.222 e. The first kappa shape index (κ1) is 13.1. The maximum absolute atomic E-state index is 5.87. The van der Waals surface area contributed by atoms with E-state index in [1.807, 2.05) is 18.2 Å². The average molecular weight is 271 g/mol. The summed E-state index contributed by atoms with van der Waals surface area (Å²) >= 11 is 0. The maximum Gasteiger partial charge on any atom is 0.222 e. The molecule has 5 heteroatoms. The van der Waals surface area contributed by atoms with Gasteiger partial charge >= 0.3 is 0 Å². The number of hydrogen-bond donors (Lipinski definition) is 1. The van der Waals surface area contributed by atoms with Crippen molar-refractivity contribution in [2.45, 2.75) is 19.4 Å². The summed E-state index contributed by atoms with van der Waals surface area (Å²) in [7, 11) is 2.17. The van der Waals surface area contributed by atoms with Gasteiger partial charge < -0.3 is 10.6 Å². The van der Waals surface area contributed by atoms with Crippen molar-refractivity contribution in [1.29, 1.82) is 0 Å². The number of nitrogens with two attached hydrogens (primary N) is 1. The van der Waals surface area contributed by atoms with E-state index in [1.165, 1.54) is 0 Å². The molecule has 0 atom stereocenters. The minimum Gasteiger partial charge on any atom is -0.368 e. The summed E-state index contributed by atoms with van der Waals surface area (Å²) in [5.74, 6) is 1.30. The lowest BCUT2D eigenvalue weighted by molar-refractivity contribution is 0.138. The van der Waals surface area contributed by atoms with Crippen LogP contribution in [0.1, 0.15) is 13.8 Å². The third-order valence-electron chi connectivity index (χ3n) is 4.22. The van der Waals surface area contributed by atoms with E-state index in [4.69, 9.17) is 5.73 Å². The first-order chi connectivity index (χ1) is 9.47. The molecule has 2 heterocycles. The molecule has 0 bridgehead atoms. The van der Waals surface area contributed by atoms with E-state index >= 15 is 0 Å². The molecule has 1 aliphatic rings. The minimum atomic E-state index is 0.124. The van der Waals surface area contributed by atoms with Crippen LogP contribution in [0, 0.1) is 0 Å². The van der Waals surface area contributed by atoms with E-state index in [1.54, 1.807) is 0 Å². The van der Waals surface area contributed by atoms with Crippen LogP contribution in [-0.2, 0) is 0 Å². The average Bonchev–Trinajstić information content (AvgIpc) is 2.41. The van der Waals surface area contributed by atoms with Crippen molar-refractivity contribution < 1.29 is 0 Å². The molecule has 1 aliphatic heterocycles. The van der Waals surface area contributed by atoms with Crippen molar-refractivity contribution in [3.63, 3.8) is 0 Å². The molecule has 0 aliphatic carbocycles. The highest BCUT2D eigenvalue weighted by Crippen LogP contribution is 2.28. The lowest BCUT2D eigenvalue weighted by atomic mass is 9.99. The second-order valence-corrected chi connectivity index (χ2v) is 6.08. The molecule has 0 amide bonds. The fraction of sp³-hybridized carbons (Fsp3) is 0.467. The number of anilines is 2. The van der Waals surface area contributed by atoms with Gasteiger partial charge in [-0.3, -0.25) is 4.90 Å². The monoisotopic (exact) mass is 271 g/mol. The number of nitrogen functional groups attached to an aromatic ring is 1. The van der Waals surface area contributed by atoms with Gasteiger partial charge in [-0.25, -0.2) is 4.98 Å². The van der Waals surface area contributed by atoms with Crippen molar-refractivity contribution in [3.8, 4) is 0 Å². The van der Waals surface area contributed by atoms with E-state index in [-0.39, 0.29) is 5.54 Å². The van der Waals surface area contributed by atoms with Gasteiger partial charge in [-0.15, -0.1) is 0 Å². The number of likely N-dealkylation sites (N-methyl/N-ethyl adjacent to an activating group) is 1. The molecule has 2 aromatic rings. The van der Waals surface area contributed by atoms with Crippen molar-refractivity contribution in [2.24, 2.45) is 0 Å². The van der Waals surface area contributed by atoms with Gasteiger partial charge in [0.25, 0.3) is 0 Å². The fourth-order valence-corrected chi connectivity index (χ4v) is 2.74. The molecule has 0 unspecified atom stereocenters. The lowest BCUT2D eigenvalue weighted by Crippen LogP contribution is -2.58. The molecule has 0 saturated carbocycles. The number of hydrogen-bond acceptors (Lipinski definition) is 5. The quantitative estimate of drug-likeness (QED) is 0.856. The van der Waals surface area contributed by atoms with E-state index < -0.39 is 0 Å². The summed E-state index contributed by atoms with van der Waals surface area (Å²) in [6, 6.07) is 8.05. The first-order valence-electron chi connectivity index (χ1n) is 6.96. The Morgan fingerprint density at radius 1 is 1.15 bits per heavy atom. The second kappa shape index (κ2) is 4.59. The van der Waals surface area contributed by atoms with Gasteiger partial charge in [-0.05, 0) is 33.0 Å². The van der Waals surface area contributed by atoms with Crippen molar-refractivity contribution >= 4 is 22.7 Å². The van der Waals surface area contributed by atoms with E-state index in [0.717, 1.165) is 36.4 Å². The molecular formula is C15H21N5. The Labute approximate surface area is 119 Å². The van der Waals surface area contributed by atoms with Gasteiger partial charge in [0.15, 0.2) is 0 Å². The van der Waals surface area contributed by atoms with Gasteiger partial charge in [0.05, 0.1) is 5.52 Å². The van der Waals surface area contributed by atoms with Crippen LogP contribution in [0.25, 0.3) is 10.9 Å². The van der Waals surface area contributed by atoms with Crippen LogP contribution >= 0.6 is 0 Å². The minimum absolute atomic E-state index is 0.124. The summed E-state index contributed by atoms with van der Waals surface area (Å²) in [6.45, 7) is 7.42. The number of piperazine rings is 1. The molecule has 1 aromatic heterocycles. The zero-order valence-electron chi connectivity index (χ0n) is 12.3. The highest BCUT2D eigenvalue weighted by molar-refractivity contribution is 5.90. The normalized spacial score (nSPS) is 19.4. The fourth-order valence-electron chi connectivity index (χ4n) is 2.74. The van der Waals surface area contributed by atoms with Gasteiger partial charge in [-0.1, -0.05) is 12.1 Å². The SMILES string of the molecule is CN1CCN(c2nc(N)nc3ccccc23)CC1(C)C. The van der Waals surface area contributed by atoms with Crippen molar-refractivity contribution in [3.05, 3.63) is 24.3 Å². The Morgan fingerprint density at radius 2 is 1.90 bits per heavy atom. The van der Waals surface area contributed by atoms with Crippen LogP contribution < -0.4 is 10.6 Å². The Kier molecular flexibility index (Phi) is 3.01. The molecule has 5 nitrogen and oxygen atoms in total. The van der Waals surface area contributed by atoms with Crippen LogP contribution in [0.4, 0.5) is 11.8 Å². The Morgan fingerprint density at radius 3 is 2.65 bits per heavy atom. The molecule has 1 aromatic carbocycles. The summed E-state index contributed by atoms with van der Waals surface area (Å²) in [6.07, 6.45) is 0. The third-order valence-corrected chi connectivity index (χ3v) is 4.22. The standard InChI is InChI=1S/C15H21N5/c1-15(2)10-20(9-8-19(15)3)13-11-6-4-5-7-12(11)17-14(16)18-13/h4-7H,8-10H2,1-3H3,(H2,16,17,18). The Balaban J connectivity index is 2.06. The number of para-hydroxylation sites is 1. The highest BCUT2D eigenvalue weighted by atomic mass is 15.3. The molecule has 2 N–H and O–H groups in total. The summed E-state index contributed by atoms with van der Waals surface area (Å²) < 4.78 is 0. The zero-order valence-corrected chi connectivity index (χ0v) is 12.3. The van der Waals surface area contributed by atoms with E-state index in [2.05, 4.69) is 46.7 Å². The summed E-state index contributed by atoms with van der Waals surface area (Å²) in [4.78, 5) is 13.5. The molecule has 3 rings (SSSR count).